The Hall–Kier alpha value is -5.82. The fourth-order valence-electron chi connectivity index (χ4n) is 7.70. The van der Waals surface area contributed by atoms with Crippen molar-refractivity contribution >= 4 is 57.3 Å². The Morgan fingerprint density at radius 3 is 1.12 bits per heavy atom. The van der Waals surface area contributed by atoms with Crippen molar-refractivity contribution in [3.8, 4) is 0 Å². The van der Waals surface area contributed by atoms with Gasteiger partial charge in [-0.1, -0.05) is 218 Å². The maximum atomic E-state index is 5.92. The van der Waals surface area contributed by atoms with Crippen LogP contribution in [0, 0.1) is 6.92 Å². The molecule has 0 saturated carbocycles. The number of hydrogen-bond donors (Lipinski definition) is 1. The molecule has 0 amide bonds. The molecule has 0 radical (unpaired) electrons. The third-order valence-electron chi connectivity index (χ3n) is 10.5. The summed E-state index contributed by atoms with van der Waals surface area (Å²) in [6, 6.07) is 80.4. The molecule has 0 unspecified atom stereocenters. The molecule has 57 heavy (non-hydrogen) atoms. The van der Waals surface area contributed by atoms with Crippen LogP contribution in [0.15, 0.2) is 234 Å². The molecule has 5 heteroatoms. The molecular weight excluding hydrogens is 729 g/mol. The molecule has 0 spiro atoms. The van der Waals surface area contributed by atoms with Gasteiger partial charge in [0.15, 0.2) is 0 Å². The van der Waals surface area contributed by atoms with Gasteiger partial charge in [0.1, 0.15) is 0 Å². The Morgan fingerprint density at radius 2 is 0.737 bits per heavy atom. The molecule has 0 bridgehead atoms. The molecule has 1 N–H and O–H groups in total. The van der Waals surface area contributed by atoms with Crippen LogP contribution in [0.3, 0.4) is 0 Å². The Morgan fingerprint density at radius 1 is 0.404 bits per heavy atom. The zero-order valence-electron chi connectivity index (χ0n) is 32.4. The quantitative estimate of drug-likeness (QED) is 0.123. The molecule has 0 aromatic heterocycles. The van der Waals surface area contributed by atoms with Crippen LogP contribution in [0.25, 0.3) is 0 Å². The molecule has 0 aliphatic heterocycles. The minimum Gasteiger partial charge on any atom is -0.306 e. The Bertz CT molecular complexity index is 2440. The first-order valence-corrected chi connectivity index (χ1v) is 23.1. The van der Waals surface area contributed by atoms with Crippen LogP contribution in [-0.4, -0.2) is 0 Å². The van der Waals surface area contributed by atoms with Crippen molar-refractivity contribution in [1.82, 2.24) is 5.32 Å². The second-order valence-electron chi connectivity index (χ2n) is 14.3. The summed E-state index contributed by atoms with van der Waals surface area (Å²) in [5.74, 6) is 0. The highest BCUT2D eigenvalue weighted by Gasteiger charge is 2.29. The Labute approximate surface area is 338 Å². The number of aryl methyl sites for hydroxylation is 1. The standard InChI is InChI=1S/C52H47N3P2/c1-41-37-38-51(54-56(44-23-9-3-10-24-44,45-25-11-4-12-26-45)46-27-13-5-14-28-46)43(39-41)40-53-42(2)50-35-21-22-36-52(50)55-57(47-29-15-6-16-30-47,48-31-17-7-18-32-48)49-33-19-8-20-34-49/h3-39,42,53H,40H2,1-2H3/t42-/m0/s1. The van der Waals surface area contributed by atoms with Crippen LogP contribution < -0.4 is 37.1 Å². The highest BCUT2D eigenvalue weighted by atomic mass is 31.2. The lowest BCUT2D eigenvalue weighted by Gasteiger charge is -2.28. The predicted molar refractivity (Wildman–Crippen MR) is 247 cm³/mol. The lowest BCUT2D eigenvalue weighted by Crippen LogP contribution is -2.25. The van der Waals surface area contributed by atoms with Gasteiger partial charge in [-0.2, -0.15) is 0 Å². The summed E-state index contributed by atoms with van der Waals surface area (Å²) in [5, 5.41) is 11.3. The van der Waals surface area contributed by atoms with Crippen molar-refractivity contribution in [2.45, 2.75) is 26.4 Å². The molecule has 1 atom stereocenters. The van der Waals surface area contributed by atoms with E-state index in [1.54, 1.807) is 0 Å². The van der Waals surface area contributed by atoms with Crippen LogP contribution in [0.5, 0.6) is 0 Å². The van der Waals surface area contributed by atoms with Crippen molar-refractivity contribution in [2.24, 2.45) is 9.49 Å². The molecule has 0 heterocycles. The highest BCUT2D eigenvalue weighted by Crippen LogP contribution is 2.51. The average molecular weight is 776 g/mol. The molecule has 8 aromatic rings. The average Bonchev–Trinajstić information content (AvgIpc) is 3.29. The summed E-state index contributed by atoms with van der Waals surface area (Å²) in [7, 11) is -4.91. The van der Waals surface area contributed by atoms with Crippen molar-refractivity contribution in [3.05, 3.63) is 241 Å². The molecule has 0 aliphatic rings. The van der Waals surface area contributed by atoms with E-state index in [0.29, 0.717) is 6.54 Å². The number of nitrogens with zero attached hydrogens (tertiary/aromatic N) is 2. The Balaban J connectivity index is 1.24. The van der Waals surface area contributed by atoms with Crippen LogP contribution in [0.1, 0.15) is 29.7 Å². The topological polar surface area (TPSA) is 36.8 Å². The lowest BCUT2D eigenvalue weighted by molar-refractivity contribution is 0.576. The van der Waals surface area contributed by atoms with Gasteiger partial charge >= 0.3 is 0 Å². The fraction of sp³-hybridized carbons (Fsp3) is 0.0769. The van der Waals surface area contributed by atoms with Crippen LogP contribution >= 0.6 is 14.1 Å². The second-order valence-corrected chi connectivity index (χ2v) is 20.3. The zero-order valence-corrected chi connectivity index (χ0v) is 34.2. The van der Waals surface area contributed by atoms with Gasteiger partial charge in [-0.05, 0) is 37.1 Å². The summed E-state index contributed by atoms with van der Waals surface area (Å²) >= 11 is 0. The third kappa shape index (κ3) is 7.93. The van der Waals surface area contributed by atoms with Crippen molar-refractivity contribution in [2.75, 3.05) is 0 Å². The number of hydrogen-bond acceptors (Lipinski definition) is 3. The van der Waals surface area contributed by atoms with Gasteiger partial charge in [-0.3, -0.25) is 9.49 Å². The van der Waals surface area contributed by atoms with Crippen LogP contribution in [-0.2, 0) is 6.54 Å². The fourth-order valence-corrected chi connectivity index (χ4v) is 14.8. The maximum absolute atomic E-state index is 5.92. The summed E-state index contributed by atoms with van der Waals surface area (Å²) in [5.41, 5.74) is 5.54. The van der Waals surface area contributed by atoms with Gasteiger partial charge in [0.25, 0.3) is 0 Å². The summed E-state index contributed by atoms with van der Waals surface area (Å²) < 4.78 is 11.8. The van der Waals surface area contributed by atoms with E-state index in [1.807, 2.05) is 0 Å². The van der Waals surface area contributed by atoms with Gasteiger partial charge in [0, 0.05) is 44.4 Å². The molecule has 0 saturated heterocycles. The molecular formula is C52H47N3P2. The minimum atomic E-state index is -2.46. The van der Waals surface area contributed by atoms with Crippen molar-refractivity contribution in [3.63, 3.8) is 0 Å². The first kappa shape index (κ1) is 38.1. The van der Waals surface area contributed by atoms with E-state index in [2.05, 4.69) is 244 Å². The van der Waals surface area contributed by atoms with Crippen molar-refractivity contribution in [1.29, 1.82) is 0 Å². The van der Waals surface area contributed by atoms with E-state index < -0.39 is 14.1 Å². The lowest BCUT2D eigenvalue weighted by atomic mass is 10.1. The second kappa shape index (κ2) is 17.5. The van der Waals surface area contributed by atoms with Gasteiger partial charge in [0.2, 0.25) is 0 Å². The van der Waals surface area contributed by atoms with E-state index in [0.717, 1.165) is 16.9 Å². The number of benzene rings is 8. The normalized spacial score (nSPS) is 12.1. The van der Waals surface area contributed by atoms with E-state index in [-0.39, 0.29) is 6.04 Å². The van der Waals surface area contributed by atoms with Crippen LogP contribution in [0.2, 0.25) is 0 Å². The summed E-state index contributed by atoms with van der Waals surface area (Å²) in [6.45, 7) is 5.06. The van der Waals surface area contributed by atoms with Crippen molar-refractivity contribution < 1.29 is 0 Å². The SMILES string of the molecule is Cc1ccc(N=P(c2ccccc2)(c2ccccc2)c2ccccc2)c(CN[C@@H](C)c2ccccc2N=P(c2ccccc2)(c2ccccc2)c2ccccc2)c1. The maximum Gasteiger partial charge on any atom is 0.0672 e. The third-order valence-corrected chi connectivity index (χ3v) is 17.8. The minimum absolute atomic E-state index is 0.000504. The largest absolute Gasteiger partial charge is 0.306 e. The first-order valence-electron chi connectivity index (χ1n) is 19.6. The molecule has 8 aromatic carbocycles. The van der Waals surface area contributed by atoms with Gasteiger partial charge in [-0.25, -0.2) is 0 Å². The number of nitrogens with one attached hydrogen (secondary N) is 1. The summed E-state index contributed by atoms with van der Waals surface area (Å²) in [6.07, 6.45) is 0. The van der Waals surface area contributed by atoms with Crippen LogP contribution in [0.4, 0.5) is 11.4 Å². The zero-order chi connectivity index (χ0) is 38.9. The van der Waals surface area contributed by atoms with E-state index >= 15 is 0 Å². The number of rotatable bonds is 12. The smallest absolute Gasteiger partial charge is 0.0672 e. The van der Waals surface area contributed by atoms with E-state index in [9.17, 15) is 0 Å². The molecule has 0 aliphatic carbocycles. The van der Waals surface area contributed by atoms with Gasteiger partial charge < -0.3 is 5.32 Å². The first-order chi connectivity index (χ1) is 28.1. The Kier molecular flexibility index (Phi) is 11.7. The van der Waals surface area contributed by atoms with E-state index in [4.69, 9.17) is 9.49 Å². The molecule has 0 fully saturated rings. The van der Waals surface area contributed by atoms with Gasteiger partial charge in [-0.15, -0.1) is 0 Å². The molecule has 8 rings (SSSR count). The summed E-state index contributed by atoms with van der Waals surface area (Å²) in [4.78, 5) is 0. The predicted octanol–water partition coefficient (Wildman–Crippen LogP) is 11.5. The van der Waals surface area contributed by atoms with E-state index in [1.165, 1.54) is 43.0 Å². The molecule has 280 valence electrons. The monoisotopic (exact) mass is 775 g/mol. The highest BCUT2D eigenvalue weighted by molar-refractivity contribution is 7.88. The van der Waals surface area contributed by atoms with Gasteiger partial charge in [0.05, 0.1) is 25.5 Å². The molecule has 3 nitrogen and oxygen atoms in total.